The van der Waals surface area contributed by atoms with Gasteiger partial charge in [0.1, 0.15) is 0 Å². The summed E-state index contributed by atoms with van der Waals surface area (Å²) in [7, 11) is 0. The Labute approximate surface area is 157 Å². The molecule has 0 radical (unpaired) electrons. The number of para-hydroxylation sites is 2. The highest BCUT2D eigenvalue weighted by molar-refractivity contribution is 6.05. The van der Waals surface area contributed by atoms with Crippen molar-refractivity contribution in [2.24, 2.45) is 0 Å². The number of aryl methyl sites for hydroxylation is 2. The summed E-state index contributed by atoms with van der Waals surface area (Å²) in [6.45, 7) is 5.85. The molecule has 2 aromatic carbocycles. The molecule has 0 atom stereocenters. The van der Waals surface area contributed by atoms with Crippen LogP contribution in [0.25, 0.3) is 16.7 Å². The van der Waals surface area contributed by atoms with Gasteiger partial charge < -0.3 is 5.32 Å². The molecule has 0 bridgehead atoms. The van der Waals surface area contributed by atoms with Gasteiger partial charge in [-0.1, -0.05) is 36.4 Å². The molecular formula is C22H20N4O. The number of carbonyl (C=O) groups excluding carboxylic acids is 1. The summed E-state index contributed by atoms with van der Waals surface area (Å²) >= 11 is 0. The number of hydrogen-bond donors (Lipinski definition) is 1. The van der Waals surface area contributed by atoms with E-state index in [0.717, 1.165) is 33.4 Å². The van der Waals surface area contributed by atoms with Gasteiger partial charge in [0.2, 0.25) is 0 Å². The van der Waals surface area contributed by atoms with E-state index in [9.17, 15) is 4.79 Å². The first-order chi connectivity index (χ1) is 13.0. The van der Waals surface area contributed by atoms with Crippen LogP contribution < -0.4 is 5.32 Å². The zero-order valence-corrected chi connectivity index (χ0v) is 15.5. The number of anilines is 1. The molecule has 2 heterocycles. The molecule has 4 aromatic rings. The van der Waals surface area contributed by atoms with Crippen LogP contribution in [0.3, 0.4) is 0 Å². The van der Waals surface area contributed by atoms with Crippen LogP contribution in [0, 0.1) is 20.8 Å². The molecular weight excluding hydrogens is 336 g/mol. The smallest absolute Gasteiger partial charge is 0.259 e. The van der Waals surface area contributed by atoms with Crippen LogP contribution in [0.5, 0.6) is 0 Å². The predicted octanol–water partition coefficient (Wildman–Crippen LogP) is 4.60. The Morgan fingerprint density at radius 2 is 1.67 bits per heavy atom. The average Bonchev–Trinajstić information content (AvgIpc) is 3.06. The number of benzene rings is 2. The third-order valence-electron chi connectivity index (χ3n) is 4.77. The van der Waals surface area contributed by atoms with Crippen molar-refractivity contribution in [1.29, 1.82) is 0 Å². The second kappa shape index (κ2) is 6.68. The molecule has 1 amide bonds. The van der Waals surface area contributed by atoms with E-state index in [1.165, 1.54) is 0 Å². The monoisotopic (exact) mass is 356 g/mol. The van der Waals surface area contributed by atoms with Crippen LogP contribution in [-0.2, 0) is 0 Å². The number of pyridine rings is 1. The molecule has 134 valence electrons. The molecule has 4 rings (SSSR count). The first kappa shape index (κ1) is 17.0. The molecule has 27 heavy (non-hydrogen) atoms. The maximum absolute atomic E-state index is 12.8. The minimum atomic E-state index is -0.170. The lowest BCUT2D eigenvalue weighted by molar-refractivity contribution is 0.102. The van der Waals surface area contributed by atoms with E-state index in [0.29, 0.717) is 11.4 Å². The van der Waals surface area contributed by atoms with Crippen LogP contribution in [0.2, 0.25) is 0 Å². The van der Waals surface area contributed by atoms with Crippen molar-refractivity contribution in [3.05, 3.63) is 83.2 Å². The largest absolute Gasteiger partial charge is 0.321 e. The van der Waals surface area contributed by atoms with Gasteiger partial charge >= 0.3 is 0 Å². The average molecular weight is 356 g/mol. The summed E-state index contributed by atoms with van der Waals surface area (Å²) in [5.74, 6) is 0.522. The zero-order valence-electron chi connectivity index (χ0n) is 15.5. The number of carbonyl (C=O) groups is 1. The van der Waals surface area contributed by atoms with Crippen molar-refractivity contribution in [3.8, 4) is 5.82 Å². The lowest BCUT2D eigenvalue weighted by Crippen LogP contribution is -2.15. The van der Waals surface area contributed by atoms with E-state index in [2.05, 4.69) is 15.4 Å². The molecule has 0 saturated carbocycles. The number of nitrogens with one attached hydrogen (secondary N) is 1. The lowest BCUT2D eigenvalue weighted by Gasteiger charge is -2.11. The van der Waals surface area contributed by atoms with Crippen molar-refractivity contribution in [3.63, 3.8) is 0 Å². The number of fused-ring (bicyclic) bond motifs is 1. The van der Waals surface area contributed by atoms with E-state index < -0.39 is 0 Å². The highest BCUT2D eigenvalue weighted by Gasteiger charge is 2.17. The first-order valence-electron chi connectivity index (χ1n) is 8.83. The summed E-state index contributed by atoms with van der Waals surface area (Å²) < 4.78 is 1.70. The molecule has 5 nitrogen and oxygen atoms in total. The van der Waals surface area contributed by atoms with Crippen LogP contribution in [-0.4, -0.2) is 20.7 Å². The molecule has 1 N–H and O–H groups in total. The fraction of sp³-hybridized carbons (Fsp3) is 0.136. The number of amides is 1. The number of nitrogens with zero attached hydrogens (tertiary/aromatic N) is 3. The molecule has 0 aliphatic rings. The summed E-state index contributed by atoms with van der Waals surface area (Å²) in [6, 6.07) is 17.8. The molecule has 0 spiro atoms. The quantitative estimate of drug-likeness (QED) is 0.584. The fourth-order valence-electron chi connectivity index (χ4n) is 3.23. The van der Waals surface area contributed by atoms with Gasteiger partial charge in [0, 0.05) is 11.1 Å². The van der Waals surface area contributed by atoms with Crippen molar-refractivity contribution in [2.75, 3.05) is 5.32 Å². The summed E-state index contributed by atoms with van der Waals surface area (Å²) in [5, 5.41) is 8.48. The van der Waals surface area contributed by atoms with E-state index in [-0.39, 0.29) is 5.91 Å². The van der Waals surface area contributed by atoms with E-state index in [1.54, 1.807) is 10.9 Å². The number of aromatic nitrogens is 3. The van der Waals surface area contributed by atoms with E-state index in [1.807, 2.05) is 75.4 Å². The van der Waals surface area contributed by atoms with Crippen molar-refractivity contribution >= 4 is 22.5 Å². The fourth-order valence-corrected chi connectivity index (χ4v) is 3.23. The molecule has 2 aromatic heterocycles. The Morgan fingerprint density at radius 3 is 2.44 bits per heavy atom. The predicted molar refractivity (Wildman–Crippen MR) is 107 cm³/mol. The molecule has 5 heteroatoms. The van der Waals surface area contributed by atoms with Crippen LogP contribution in [0.4, 0.5) is 5.69 Å². The maximum atomic E-state index is 12.8. The standard InChI is InChI=1S/C22H20N4O/c1-14-7-6-8-15(2)21(14)25-22(27)18-13-23-26(16(18)3)20-12-11-17-9-4-5-10-19(17)24-20/h4-13H,1-3H3,(H,25,27). The van der Waals surface area contributed by atoms with Crippen molar-refractivity contribution in [1.82, 2.24) is 14.8 Å². The molecule has 0 unspecified atom stereocenters. The van der Waals surface area contributed by atoms with E-state index in [4.69, 9.17) is 0 Å². The molecule has 0 aliphatic carbocycles. The highest BCUT2D eigenvalue weighted by atomic mass is 16.1. The van der Waals surface area contributed by atoms with Gasteiger partial charge in [-0.25, -0.2) is 9.67 Å². The lowest BCUT2D eigenvalue weighted by atomic mass is 10.1. The van der Waals surface area contributed by atoms with Gasteiger partial charge in [-0.15, -0.1) is 0 Å². The third-order valence-corrected chi connectivity index (χ3v) is 4.77. The summed E-state index contributed by atoms with van der Waals surface area (Å²) in [4.78, 5) is 17.5. The molecule has 0 saturated heterocycles. The van der Waals surface area contributed by atoms with Crippen LogP contribution >= 0.6 is 0 Å². The Bertz CT molecular complexity index is 1140. The minimum Gasteiger partial charge on any atom is -0.321 e. The van der Waals surface area contributed by atoms with E-state index >= 15 is 0 Å². The minimum absolute atomic E-state index is 0.170. The van der Waals surface area contributed by atoms with Gasteiger partial charge in [0.15, 0.2) is 5.82 Å². The topological polar surface area (TPSA) is 59.8 Å². The number of rotatable bonds is 3. The SMILES string of the molecule is Cc1cccc(C)c1NC(=O)c1cnn(-c2ccc3ccccc3n2)c1C. The Kier molecular flexibility index (Phi) is 4.20. The highest BCUT2D eigenvalue weighted by Crippen LogP contribution is 2.22. The molecule has 0 aliphatic heterocycles. The first-order valence-corrected chi connectivity index (χ1v) is 8.83. The van der Waals surface area contributed by atoms with Crippen LogP contribution in [0.15, 0.2) is 60.8 Å². The van der Waals surface area contributed by atoms with Crippen molar-refractivity contribution < 1.29 is 4.79 Å². The zero-order chi connectivity index (χ0) is 19.0. The Hall–Kier alpha value is -3.47. The Balaban J connectivity index is 1.68. The summed E-state index contributed by atoms with van der Waals surface area (Å²) in [6.07, 6.45) is 1.59. The van der Waals surface area contributed by atoms with Gasteiger partial charge in [0.25, 0.3) is 5.91 Å². The maximum Gasteiger partial charge on any atom is 0.259 e. The van der Waals surface area contributed by atoms with Gasteiger partial charge in [-0.05, 0) is 50.1 Å². The summed E-state index contributed by atoms with van der Waals surface area (Å²) in [5.41, 5.74) is 5.09. The van der Waals surface area contributed by atoms with Gasteiger partial charge in [-0.2, -0.15) is 5.10 Å². The third kappa shape index (κ3) is 3.08. The Morgan fingerprint density at radius 1 is 0.926 bits per heavy atom. The number of hydrogen-bond acceptors (Lipinski definition) is 3. The van der Waals surface area contributed by atoms with Gasteiger partial charge in [-0.3, -0.25) is 4.79 Å². The molecule has 0 fully saturated rings. The van der Waals surface area contributed by atoms with Gasteiger partial charge in [0.05, 0.1) is 23.0 Å². The normalized spacial score (nSPS) is 10.9. The second-order valence-corrected chi connectivity index (χ2v) is 6.64. The van der Waals surface area contributed by atoms with Crippen LogP contribution in [0.1, 0.15) is 27.2 Å². The van der Waals surface area contributed by atoms with Crippen molar-refractivity contribution in [2.45, 2.75) is 20.8 Å². The second-order valence-electron chi connectivity index (χ2n) is 6.64.